The molecule has 0 radical (unpaired) electrons. The van der Waals surface area contributed by atoms with Crippen molar-refractivity contribution in [3.8, 4) is 0 Å². The van der Waals surface area contributed by atoms with E-state index in [1.54, 1.807) is 66.7 Å². The summed E-state index contributed by atoms with van der Waals surface area (Å²) in [5.74, 6) is -5.96. The number of carboxylic acid groups (broad SMARTS) is 1. The van der Waals surface area contributed by atoms with Crippen molar-refractivity contribution in [1.29, 1.82) is 0 Å². The van der Waals surface area contributed by atoms with Crippen molar-refractivity contribution in [2.24, 2.45) is 0 Å². The summed E-state index contributed by atoms with van der Waals surface area (Å²) >= 11 is 3.40. The highest BCUT2D eigenvalue weighted by atomic mass is 79.9. The molecule has 5 amide bonds. The van der Waals surface area contributed by atoms with Crippen molar-refractivity contribution in [2.45, 2.75) is 75.7 Å². The lowest BCUT2D eigenvalue weighted by Crippen LogP contribution is -2.58. The molecule has 6 rings (SSSR count). The molecule has 2 aliphatic rings. The van der Waals surface area contributed by atoms with Crippen LogP contribution in [0.3, 0.4) is 0 Å². The van der Waals surface area contributed by atoms with Crippen LogP contribution in [0.15, 0.2) is 114 Å². The summed E-state index contributed by atoms with van der Waals surface area (Å²) in [6.45, 7) is 1.09. The van der Waals surface area contributed by atoms with Crippen molar-refractivity contribution in [1.82, 2.24) is 21.3 Å². The van der Waals surface area contributed by atoms with E-state index < -0.39 is 78.2 Å². The number of ether oxygens (including phenoxy) is 1. The van der Waals surface area contributed by atoms with Gasteiger partial charge in [-0.25, -0.2) is 4.79 Å². The van der Waals surface area contributed by atoms with Crippen LogP contribution in [0.5, 0.6) is 0 Å². The second-order valence-electron chi connectivity index (χ2n) is 13.9. The molecule has 0 saturated heterocycles. The van der Waals surface area contributed by atoms with Gasteiger partial charge in [0, 0.05) is 36.3 Å². The lowest BCUT2D eigenvalue weighted by Gasteiger charge is -2.26. The second-order valence-corrected chi connectivity index (χ2v) is 14.8. The van der Waals surface area contributed by atoms with Crippen molar-refractivity contribution in [2.75, 3.05) is 5.32 Å². The number of benzene rings is 4. The van der Waals surface area contributed by atoms with E-state index in [0.717, 1.165) is 17.0 Å². The number of fused-ring (bicyclic) bond motifs is 18. The first-order valence-electron chi connectivity index (χ1n) is 18.7. The van der Waals surface area contributed by atoms with Gasteiger partial charge in [-0.2, -0.15) is 0 Å². The summed E-state index contributed by atoms with van der Waals surface area (Å²) in [4.78, 5) is 93.9. The molecular weight excluding hydrogens is 810 g/mol. The van der Waals surface area contributed by atoms with E-state index in [1.807, 2.05) is 30.3 Å². The van der Waals surface area contributed by atoms with Crippen LogP contribution < -0.4 is 26.6 Å². The predicted octanol–water partition coefficient (Wildman–Crippen LogP) is 3.41. The number of rotatable bonds is 9. The number of carbonyl (C=O) groups excluding carboxylic acids is 6. The highest BCUT2D eigenvalue weighted by molar-refractivity contribution is 9.10. The standard InChI is InChI=1S/C43H44BrN5O9/c1-26(50)58-37-25-38(51)46-34(22-28-10-6-3-7-11-28)40(53)48-35(23-29-12-17-31(44)18-13-29)41(54)47-33(21-16-27-8-4-2-5-9-27)39(52)49-36(43(56)57)24-30-14-19-32(20-15-30)45-42(37)55/h2-15,17-20,33-37H,16,21-25H2,1H3,(H,45,55)(H,46,51)(H,47,54)(H,48,53)(H,49,52)(H,56,57)/t33-,34-,35+,36-,37-/m1/s1. The number of halogens is 1. The van der Waals surface area contributed by atoms with Crippen molar-refractivity contribution in [3.05, 3.63) is 136 Å². The van der Waals surface area contributed by atoms with Crippen LogP contribution in [0.1, 0.15) is 42.0 Å². The van der Waals surface area contributed by atoms with Gasteiger partial charge in [0.15, 0.2) is 6.10 Å². The molecule has 2 bridgehead atoms. The van der Waals surface area contributed by atoms with E-state index in [0.29, 0.717) is 23.1 Å². The molecule has 0 spiro atoms. The normalized spacial score (nSPS) is 20.9. The number of amides is 5. The molecule has 302 valence electrons. The zero-order valence-electron chi connectivity index (χ0n) is 31.6. The molecule has 0 fully saturated rings. The van der Waals surface area contributed by atoms with Crippen LogP contribution in [-0.4, -0.2) is 76.9 Å². The minimum absolute atomic E-state index is 0.0134. The number of hydrogen-bond acceptors (Lipinski definition) is 8. The van der Waals surface area contributed by atoms with E-state index >= 15 is 0 Å². The van der Waals surface area contributed by atoms with Gasteiger partial charge in [-0.3, -0.25) is 28.8 Å². The fourth-order valence-corrected chi connectivity index (χ4v) is 6.62. The highest BCUT2D eigenvalue weighted by Gasteiger charge is 2.33. The average molecular weight is 855 g/mol. The minimum Gasteiger partial charge on any atom is -0.480 e. The van der Waals surface area contributed by atoms with Crippen LogP contribution in [0.25, 0.3) is 0 Å². The molecule has 4 aromatic rings. The van der Waals surface area contributed by atoms with Gasteiger partial charge >= 0.3 is 11.9 Å². The molecule has 2 heterocycles. The summed E-state index contributed by atoms with van der Waals surface area (Å²) < 4.78 is 6.00. The van der Waals surface area contributed by atoms with Crippen LogP contribution in [0, 0.1) is 0 Å². The number of hydrogen-bond donors (Lipinski definition) is 6. The van der Waals surface area contributed by atoms with Crippen LogP contribution >= 0.6 is 15.9 Å². The first-order chi connectivity index (χ1) is 27.8. The molecule has 58 heavy (non-hydrogen) atoms. The Hall–Kier alpha value is -6.35. The van der Waals surface area contributed by atoms with Crippen LogP contribution in [-0.2, 0) is 64.0 Å². The molecule has 0 aliphatic carbocycles. The summed E-state index contributed by atoms with van der Waals surface area (Å²) in [5, 5.41) is 23.5. The maximum atomic E-state index is 14.3. The molecule has 5 atom stereocenters. The Morgan fingerprint density at radius 2 is 1.17 bits per heavy atom. The number of carboxylic acids is 1. The zero-order chi connectivity index (χ0) is 41.6. The topological polar surface area (TPSA) is 209 Å². The molecule has 2 aliphatic heterocycles. The monoisotopic (exact) mass is 853 g/mol. The summed E-state index contributed by atoms with van der Waals surface area (Å²) in [6, 6.07) is 26.1. The number of carbonyl (C=O) groups is 7. The maximum absolute atomic E-state index is 14.3. The SMILES string of the molecule is CC(=O)O[C@@H]1CC(=O)N[C@H](Cc2ccccc2)C(=O)N[C@@H](Cc2ccc(Br)cc2)C(=O)N[C@H](CCc2ccccc2)C(=O)N[C@@H](C(=O)O)Cc2ccc(cc2)NC1=O. The molecule has 0 saturated carbocycles. The number of esters is 1. The number of aliphatic carboxylic acids is 1. The first kappa shape index (κ1) is 42.8. The number of anilines is 1. The smallest absolute Gasteiger partial charge is 0.326 e. The van der Waals surface area contributed by atoms with Crippen molar-refractivity contribution >= 4 is 63.1 Å². The molecule has 15 heteroatoms. The highest BCUT2D eigenvalue weighted by Crippen LogP contribution is 2.16. The maximum Gasteiger partial charge on any atom is 0.326 e. The van der Waals surface area contributed by atoms with Gasteiger partial charge < -0.3 is 36.4 Å². The van der Waals surface area contributed by atoms with E-state index in [9.17, 15) is 38.7 Å². The Labute approximate surface area is 343 Å². The van der Waals surface area contributed by atoms with Crippen molar-refractivity contribution in [3.63, 3.8) is 0 Å². The largest absolute Gasteiger partial charge is 0.480 e. The summed E-state index contributed by atoms with van der Waals surface area (Å²) in [5.41, 5.74) is 2.97. The first-order valence-corrected chi connectivity index (χ1v) is 19.4. The molecular formula is C43H44BrN5O9. The third-order valence-corrected chi connectivity index (χ3v) is 9.89. The van der Waals surface area contributed by atoms with Crippen molar-refractivity contribution < 1.29 is 43.4 Å². The Balaban J connectivity index is 1.53. The fraction of sp³-hybridized carbons (Fsp3) is 0.279. The van der Waals surface area contributed by atoms with E-state index in [-0.39, 0.29) is 31.4 Å². The third-order valence-electron chi connectivity index (χ3n) is 9.37. The molecule has 14 nitrogen and oxygen atoms in total. The summed E-state index contributed by atoms with van der Waals surface area (Å²) in [7, 11) is 0. The quantitative estimate of drug-likeness (QED) is 0.108. The Morgan fingerprint density at radius 3 is 1.76 bits per heavy atom. The van der Waals surface area contributed by atoms with E-state index in [2.05, 4.69) is 42.5 Å². The van der Waals surface area contributed by atoms with Gasteiger partial charge in [-0.05, 0) is 59.4 Å². The Morgan fingerprint density at radius 1 is 0.638 bits per heavy atom. The Bertz CT molecular complexity index is 2080. The molecule has 4 aromatic carbocycles. The van der Waals surface area contributed by atoms with Gasteiger partial charge in [-0.15, -0.1) is 0 Å². The lowest BCUT2D eigenvalue weighted by molar-refractivity contribution is -0.153. The minimum atomic E-state index is -1.58. The summed E-state index contributed by atoms with van der Waals surface area (Å²) in [6.07, 6.45) is -1.95. The number of nitrogens with one attached hydrogen (secondary N) is 5. The third kappa shape index (κ3) is 13.1. The van der Waals surface area contributed by atoms with E-state index in [4.69, 9.17) is 4.74 Å². The van der Waals surface area contributed by atoms with Gasteiger partial charge in [0.1, 0.15) is 24.2 Å². The molecule has 0 unspecified atom stereocenters. The zero-order valence-corrected chi connectivity index (χ0v) is 33.2. The fourth-order valence-electron chi connectivity index (χ4n) is 6.36. The molecule has 0 aromatic heterocycles. The Kier molecular flexibility index (Phi) is 15.3. The van der Waals surface area contributed by atoms with Gasteiger partial charge in [-0.1, -0.05) is 101 Å². The predicted molar refractivity (Wildman–Crippen MR) is 217 cm³/mol. The van der Waals surface area contributed by atoms with Gasteiger partial charge in [0.05, 0.1) is 6.42 Å². The second kappa shape index (κ2) is 20.7. The van der Waals surface area contributed by atoms with Gasteiger partial charge in [0.2, 0.25) is 23.6 Å². The lowest BCUT2D eigenvalue weighted by atomic mass is 10.0. The van der Waals surface area contributed by atoms with Gasteiger partial charge in [0.25, 0.3) is 5.91 Å². The van der Waals surface area contributed by atoms with Crippen LogP contribution in [0.2, 0.25) is 0 Å². The van der Waals surface area contributed by atoms with E-state index in [1.165, 1.54) is 12.1 Å². The van der Waals surface area contributed by atoms with Crippen LogP contribution in [0.4, 0.5) is 5.69 Å². The average Bonchev–Trinajstić information content (AvgIpc) is 3.20. The number of aryl methyl sites for hydroxylation is 1. The molecule has 6 N–H and O–H groups in total.